The van der Waals surface area contributed by atoms with Gasteiger partial charge in [-0.05, 0) is 37.1 Å². The molecule has 1 heterocycles. The number of aliphatic hydroxyl groups is 1. The molecular formula is C19H19NO. The van der Waals surface area contributed by atoms with Crippen molar-refractivity contribution in [3.8, 4) is 0 Å². The van der Waals surface area contributed by atoms with Gasteiger partial charge in [-0.2, -0.15) is 0 Å². The smallest absolute Gasteiger partial charge is 0.0837 e. The molecule has 0 spiro atoms. The number of para-hydroxylation sites is 1. The van der Waals surface area contributed by atoms with Crippen molar-refractivity contribution < 1.29 is 5.11 Å². The van der Waals surface area contributed by atoms with E-state index in [1.807, 2.05) is 37.3 Å². The van der Waals surface area contributed by atoms with E-state index in [9.17, 15) is 5.11 Å². The van der Waals surface area contributed by atoms with Gasteiger partial charge < -0.3 is 5.11 Å². The van der Waals surface area contributed by atoms with Gasteiger partial charge in [-0.3, -0.25) is 4.98 Å². The van der Waals surface area contributed by atoms with Gasteiger partial charge in [0.05, 0.1) is 11.6 Å². The van der Waals surface area contributed by atoms with Crippen LogP contribution in [0, 0.1) is 13.8 Å². The van der Waals surface area contributed by atoms with Crippen molar-refractivity contribution in [1.29, 1.82) is 0 Å². The Bertz CT molecular complexity index is 762. The molecule has 3 rings (SSSR count). The summed E-state index contributed by atoms with van der Waals surface area (Å²) in [7, 11) is 0. The van der Waals surface area contributed by atoms with Crippen molar-refractivity contribution in [3.63, 3.8) is 0 Å². The maximum atomic E-state index is 10.6. The van der Waals surface area contributed by atoms with Gasteiger partial charge in [0.1, 0.15) is 0 Å². The molecule has 2 nitrogen and oxygen atoms in total. The molecule has 1 aromatic heterocycles. The lowest BCUT2D eigenvalue weighted by molar-refractivity contribution is 0.180. The Kier molecular flexibility index (Phi) is 3.72. The van der Waals surface area contributed by atoms with E-state index in [4.69, 9.17) is 0 Å². The van der Waals surface area contributed by atoms with Gasteiger partial charge in [-0.1, -0.05) is 48.0 Å². The fourth-order valence-electron chi connectivity index (χ4n) is 2.67. The third kappa shape index (κ3) is 2.96. The topological polar surface area (TPSA) is 33.1 Å². The van der Waals surface area contributed by atoms with Crippen LogP contribution in [0.15, 0.2) is 54.6 Å². The summed E-state index contributed by atoms with van der Waals surface area (Å²) in [5, 5.41) is 11.7. The monoisotopic (exact) mass is 277 g/mol. The minimum Gasteiger partial charge on any atom is -0.388 e. The lowest BCUT2D eigenvalue weighted by Crippen LogP contribution is -2.04. The highest BCUT2D eigenvalue weighted by Gasteiger charge is 2.13. The summed E-state index contributed by atoms with van der Waals surface area (Å²) in [6, 6.07) is 18.3. The molecule has 3 aromatic rings. The van der Waals surface area contributed by atoms with E-state index in [-0.39, 0.29) is 0 Å². The van der Waals surface area contributed by atoms with Crippen LogP contribution < -0.4 is 0 Å². The average molecular weight is 277 g/mol. The van der Waals surface area contributed by atoms with E-state index in [0.717, 1.165) is 27.7 Å². The van der Waals surface area contributed by atoms with E-state index in [2.05, 4.69) is 36.2 Å². The van der Waals surface area contributed by atoms with Gasteiger partial charge in [0.25, 0.3) is 0 Å². The zero-order valence-corrected chi connectivity index (χ0v) is 12.4. The highest BCUT2D eigenvalue weighted by molar-refractivity contribution is 5.82. The Morgan fingerprint density at radius 1 is 1.00 bits per heavy atom. The average Bonchev–Trinajstić information content (AvgIpc) is 2.48. The van der Waals surface area contributed by atoms with Gasteiger partial charge in [0.15, 0.2) is 0 Å². The first-order chi connectivity index (χ1) is 10.1. The highest BCUT2D eigenvalue weighted by Crippen LogP contribution is 2.26. The molecule has 0 saturated heterocycles. The van der Waals surface area contributed by atoms with Crippen LogP contribution in [0.5, 0.6) is 0 Å². The lowest BCUT2D eigenvalue weighted by atomic mass is 9.97. The fourth-order valence-corrected chi connectivity index (χ4v) is 2.67. The highest BCUT2D eigenvalue weighted by atomic mass is 16.3. The van der Waals surface area contributed by atoms with Crippen LogP contribution in [0.2, 0.25) is 0 Å². The largest absolute Gasteiger partial charge is 0.388 e. The lowest BCUT2D eigenvalue weighted by Gasteiger charge is -2.15. The molecule has 0 radical (unpaired) electrons. The van der Waals surface area contributed by atoms with E-state index >= 15 is 0 Å². The molecule has 2 aromatic carbocycles. The van der Waals surface area contributed by atoms with Crippen molar-refractivity contribution in [1.82, 2.24) is 4.98 Å². The Morgan fingerprint density at radius 3 is 2.48 bits per heavy atom. The van der Waals surface area contributed by atoms with E-state index in [1.165, 1.54) is 5.56 Å². The number of hydrogen-bond acceptors (Lipinski definition) is 2. The molecule has 1 N–H and O–H groups in total. The fraction of sp³-hybridized carbons (Fsp3) is 0.211. The second kappa shape index (κ2) is 5.66. The number of benzene rings is 2. The molecule has 1 unspecified atom stereocenters. The SMILES string of the molecule is Cc1ccc(CC(O)c2cc(C)nc3ccccc23)cc1. The first-order valence-corrected chi connectivity index (χ1v) is 7.23. The zero-order valence-electron chi connectivity index (χ0n) is 12.4. The summed E-state index contributed by atoms with van der Waals surface area (Å²) in [6.07, 6.45) is 0.104. The molecule has 1 atom stereocenters. The number of aromatic nitrogens is 1. The Hall–Kier alpha value is -2.19. The number of pyridine rings is 1. The van der Waals surface area contributed by atoms with Crippen LogP contribution in [0.3, 0.4) is 0 Å². The number of nitrogens with zero attached hydrogens (tertiary/aromatic N) is 1. The summed E-state index contributed by atoms with van der Waals surface area (Å²) >= 11 is 0. The minimum absolute atomic E-state index is 0.515. The van der Waals surface area contributed by atoms with Gasteiger partial charge in [0, 0.05) is 17.5 Å². The summed E-state index contributed by atoms with van der Waals surface area (Å²) < 4.78 is 0. The van der Waals surface area contributed by atoms with Crippen molar-refractivity contribution >= 4 is 10.9 Å². The first kappa shape index (κ1) is 13.8. The number of rotatable bonds is 3. The van der Waals surface area contributed by atoms with E-state index < -0.39 is 6.10 Å². The zero-order chi connectivity index (χ0) is 14.8. The standard InChI is InChI=1S/C19H19NO/c1-13-7-9-15(10-8-13)12-19(21)17-11-14(2)20-18-6-4-3-5-16(17)18/h3-11,19,21H,12H2,1-2H3. The molecule has 0 amide bonds. The third-order valence-electron chi connectivity index (χ3n) is 3.78. The predicted molar refractivity (Wildman–Crippen MR) is 86.3 cm³/mol. The molecular weight excluding hydrogens is 258 g/mol. The molecule has 0 bridgehead atoms. The van der Waals surface area contributed by atoms with Crippen LogP contribution in [0.4, 0.5) is 0 Å². The maximum absolute atomic E-state index is 10.6. The van der Waals surface area contributed by atoms with Gasteiger partial charge in [-0.15, -0.1) is 0 Å². The minimum atomic E-state index is -0.515. The Labute approximate surface area is 125 Å². The number of aliphatic hydroxyl groups excluding tert-OH is 1. The van der Waals surface area contributed by atoms with Crippen LogP contribution in [0.1, 0.15) is 28.5 Å². The Balaban J connectivity index is 1.97. The van der Waals surface area contributed by atoms with Crippen LogP contribution in [0.25, 0.3) is 10.9 Å². The van der Waals surface area contributed by atoms with Crippen molar-refractivity contribution in [2.45, 2.75) is 26.4 Å². The summed E-state index contributed by atoms with van der Waals surface area (Å²) in [5.74, 6) is 0. The van der Waals surface area contributed by atoms with Gasteiger partial charge in [0.2, 0.25) is 0 Å². The predicted octanol–water partition coefficient (Wildman–Crippen LogP) is 4.13. The normalized spacial score (nSPS) is 12.5. The Morgan fingerprint density at radius 2 is 1.71 bits per heavy atom. The van der Waals surface area contributed by atoms with Crippen LogP contribution >= 0.6 is 0 Å². The molecule has 21 heavy (non-hydrogen) atoms. The van der Waals surface area contributed by atoms with E-state index in [0.29, 0.717) is 6.42 Å². The second-order valence-corrected chi connectivity index (χ2v) is 5.58. The molecule has 0 fully saturated rings. The second-order valence-electron chi connectivity index (χ2n) is 5.58. The number of hydrogen-bond donors (Lipinski definition) is 1. The molecule has 0 saturated carbocycles. The molecule has 2 heteroatoms. The van der Waals surface area contributed by atoms with Crippen LogP contribution in [-0.2, 0) is 6.42 Å². The number of fused-ring (bicyclic) bond motifs is 1. The molecule has 106 valence electrons. The van der Waals surface area contributed by atoms with Gasteiger partial charge in [-0.25, -0.2) is 0 Å². The first-order valence-electron chi connectivity index (χ1n) is 7.23. The quantitative estimate of drug-likeness (QED) is 0.781. The maximum Gasteiger partial charge on any atom is 0.0837 e. The molecule has 0 aliphatic carbocycles. The number of aryl methyl sites for hydroxylation is 2. The van der Waals surface area contributed by atoms with Crippen molar-refractivity contribution in [2.75, 3.05) is 0 Å². The molecule has 0 aliphatic rings. The summed E-state index contributed by atoms with van der Waals surface area (Å²) in [5.41, 5.74) is 5.21. The van der Waals surface area contributed by atoms with Crippen molar-refractivity contribution in [2.24, 2.45) is 0 Å². The summed E-state index contributed by atoms with van der Waals surface area (Å²) in [4.78, 5) is 4.53. The summed E-state index contributed by atoms with van der Waals surface area (Å²) in [6.45, 7) is 4.04. The van der Waals surface area contributed by atoms with Gasteiger partial charge >= 0.3 is 0 Å². The van der Waals surface area contributed by atoms with E-state index in [1.54, 1.807) is 0 Å². The molecule has 0 aliphatic heterocycles. The van der Waals surface area contributed by atoms with Crippen LogP contribution in [-0.4, -0.2) is 10.1 Å². The van der Waals surface area contributed by atoms with Crippen molar-refractivity contribution in [3.05, 3.63) is 77.0 Å². The third-order valence-corrected chi connectivity index (χ3v) is 3.78.